The highest BCUT2D eigenvalue weighted by atomic mass is 79.9. The molecule has 1 aromatic heterocycles. The first-order chi connectivity index (χ1) is 10.6. The summed E-state index contributed by atoms with van der Waals surface area (Å²) < 4.78 is 2.42. The molecule has 0 aliphatic carbocycles. The van der Waals surface area contributed by atoms with Crippen LogP contribution in [0.1, 0.15) is 25.2 Å². The molecule has 0 spiro atoms. The molecule has 7 nitrogen and oxygen atoms in total. The van der Waals surface area contributed by atoms with Gasteiger partial charge in [0, 0.05) is 16.6 Å². The Morgan fingerprint density at radius 3 is 2.82 bits per heavy atom. The van der Waals surface area contributed by atoms with E-state index in [2.05, 4.69) is 36.6 Å². The van der Waals surface area contributed by atoms with Crippen LogP contribution >= 0.6 is 15.9 Å². The number of hydrogen-bond acceptors (Lipinski definition) is 4. The predicted molar refractivity (Wildman–Crippen MR) is 84.5 cm³/mol. The summed E-state index contributed by atoms with van der Waals surface area (Å²) in [5.74, 6) is 0.545. The molecule has 3 rings (SSSR count). The van der Waals surface area contributed by atoms with Crippen molar-refractivity contribution in [3.05, 3.63) is 34.6 Å². The van der Waals surface area contributed by atoms with E-state index in [9.17, 15) is 9.59 Å². The molecule has 114 valence electrons. The van der Waals surface area contributed by atoms with Gasteiger partial charge in [-0.1, -0.05) is 22.9 Å². The molecule has 1 aliphatic rings. The molecule has 2 heterocycles. The van der Waals surface area contributed by atoms with Crippen LogP contribution in [0.25, 0.3) is 0 Å². The molecule has 0 radical (unpaired) electrons. The SMILES string of the molecule is CCc1nc2n(n1)[C@H](CC(=O)Nc1ccc(Br)cc1)C(=O)N2. The number of aromatic nitrogens is 3. The van der Waals surface area contributed by atoms with Gasteiger partial charge in [-0.2, -0.15) is 10.1 Å². The van der Waals surface area contributed by atoms with Crippen LogP contribution in [-0.2, 0) is 16.0 Å². The fourth-order valence-corrected chi connectivity index (χ4v) is 2.49. The first-order valence-electron chi connectivity index (χ1n) is 6.88. The summed E-state index contributed by atoms with van der Waals surface area (Å²) in [6.07, 6.45) is 0.690. The molecule has 0 fully saturated rings. The lowest BCUT2D eigenvalue weighted by Crippen LogP contribution is -2.23. The predicted octanol–water partition coefficient (Wildman–Crippen LogP) is 2.12. The van der Waals surface area contributed by atoms with Crippen LogP contribution in [0.15, 0.2) is 28.7 Å². The minimum Gasteiger partial charge on any atom is -0.326 e. The second-order valence-electron chi connectivity index (χ2n) is 4.91. The smallest absolute Gasteiger partial charge is 0.252 e. The minimum atomic E-state index is -0.654. The Hall–Kier alpha value is -2.22. The van der Waals surface area contributed by atoms with Crippen molar-refractivity contribution in [1.29, 1.82) is 0 Å². The number of anilines is 2. The normalized spacial score (nSPS) is 16.3. The van der Waals surface area contributed by atoms with E-state index in [1.807, 2.05) is 19.1 Å². The molecule has 0 saturated carbocycles. The highest BCUT2D eigenvalue weighted by Crippen LogP contribution is 2.25. The number of carbonyl (C=O) groups excluding carboxylic acids is 2. The molecule has 2 amide bonds. The van der Waals surface area contributed by atoms with Crippen LogP contribution in [0.5, 0.6) is 0 Å². The van der Waals surface area contributed by atoms with Crippen LogP contribution in [0.2, 0.25) is 0 Å². The summed E-state index contributed by atoms with van der Waals surface area (Å²) in [6, 6.07) is 6.58. The number of fused-ring (bicyclic) bond motifs is 1. The van der Waals surface area contributed by atoms with Crippen LogP contribution < -0.4 is 10.6 Å². The summed E-state index contributed by atoms with van der Waals surface area (Å²) in [7, 11) is 0. The summed E-state index contributed by atoms with van der Waals surface area (Å²) in [5, 5.41) is 9.66. The molecule has 22 heavy (non-hydrogen) atoms. The highest BCUT2D eigenvalue weighted by Gasteiger charge is 2.34. The maximum atomic E-state index is 12.1. The Labute approximate surface area is 135 Å². The number of nitrogens with one attached hydrogen (secondary N) is 2. The number of carbonyl (C=O) groups is 2. The van der Waals surface area contributed by atoms with E-state index in [0.29, 0.717) is 23.9 Å². The maximum Gasteiger partial charge on any atom is 0.252 e. The number of halogens is 1. The fourth-order valence-electron chi connectivity index (χ4n) is 2.22. The van der Waals surface area contributed by atoms with Crippen LogP contribution in [0.3, 0.4) is 0 Å². The average molecular weight is 364 g/mol. The lowest BCUT2D eigenvalue weighted by Gasteiger charge is -2.09. The van der Waals surface area contributed by atoms with Crippen molar-refractivity contribution < 1.29 is 9.59 Å². The molecule has 2 aromatic rings. The summed E-state index contributed by atoms with van der Waals surface area (Å²) >= 11 is 3.33. The number of rotatable bonds is 4. The Bertz CT molecular complexity index is 725. The van der Waals surface area contributed by atoms with Gasteiger partial charge in [-0.15, -0.1) is 0 Å². The summed E-state index contributed by atoms with van der Waals surface area (Å²) in [5.41, 5.74) is 0.680. The monoisotopic (exact) mass is 363 g/mol. The van der Waals surface area contributed by atoms with E-state index in [1.165, 1.54) is 4.68 Å². The third kappa shape index (κ3) is 2.87. The number of nitrogens with zero attached hydrogens (tertiary/aromatic N) is 3. The van der Waals surface area contributed by atoms with Crippen molar-refractivity contribution in [3.63, 3.8) is 0 Å². The van der Waals surface area contributed by atoms with E-state index in [4.69, 9.17) is 0 Å². The summed E-state index contributed by atoms with van der Waals surface area (Å²) in [6.45, 7) is 1.93. The largest absolute Gasteiger partial charge is 0.326 e. The van der Waals surface area contributed by atoms with Crippen molar-refractivity contribution in [1.82, 2.24) is 14.8 Å². The lowest BCUT2D eigenvalue weighted by atomic mass is 10.2. The molecule has 0 bridgehead atoms. The first-order valence-corrected chi connectivity index (χ1v) is 7.68. The third-order valence-electron chi connectivity index (χ3n) is 3.33. The number of amides is 2. The van der Waals surface area contributed by atoms with Gasteiger partial charge in [0.1, 0.15) is 6.04 Å². The Balaban J connectivity index is 1.70. The van der Waals surface area contributed by atoms with Crippen LogP contribution in [0, 0.1) is 0 Å². The van der Waals surface area contributed by atoms with Crippen LogP contribution in [-0.4, -0.2) is 26.6 Å². The molecule has 0 unspecified atom stereocenters. The lowest BCUT2D eigenvalue weighted by molar-refractivity contribution is -0.123. The van der Waals surface area contributed by atoms with E-state index in [1.54, 1.807) is 12.1 Å². The van der Waals surface area contributed by atoms with Crippen molar-refractivity contribution >= 4 is 39.4 Å². The van der Waals surface area contributed by atoms with Gasteiger partial charge in [-0.05, 0) is 24.3 Å². The highest BCUT2D eigenvalue weighted by molar-refractivity contribution is 9.10. The van der Waals surface area contributed by atoms with Gasteiger partial charge in [0.2, 0.25) is 11.9 Å². The fraction of sp³-hybridized carbons (Fsp3) is 0.286. The van der Waals surface area contributed by atoms with E-state index < -0.39 is 6.04 Å². The number of hydrogen-bond donors (Lipinski definition) is 2. The zero-order valence-corrected chi connectivity index (χ0v) is 13.4. The molecule has 0 saturated heterocycles. The Morgan fingerprint density at radius 1 is 1.41 bits per heavy atom. The molecule has 8 heteroatoms. The molecule has 1 atom stereocenters. The molecular weight excluding hydrogens is 350 g/mol. The molecule has 2 N–H and O–H groups in total. The molecule has 1 aromatic carbocycles. The van der Waals surface area contributed by atoms with Gasteiger partial charge < -0.3 is 5.32 Å². The quantitative estimate of drug-likeness (QED) is 0.870. The Kier molecular flexibility index (Phi) is 3.93. The number of benzene rings is 1. The van der Waals surface area contributed by atoms with Gasteiger partial charge in [0.15, 0.2) is 5.82 Å². The van der Waals surface area contributed by atoms with Crippen molar-refractivity contribution in [2.75, 3.05) is 10.6 Å². The average Bonchev–Trinajstić information content (AvgIpc) is 3.00. The van der Waals surface area contributed by atoms with Gasteiger partial charge in [0.25, 0.3) is 5.91 Å². The van der Waals surface area contributed by atoms with Gasteiger partial charge in [0.05, 0.1) is 6.42 Å². The van der Waals surface area contributed by atoms with Gasteiger partial charge in [-0.3, -0.25) is 14.9 Å². The zero-order valence-electron chi connectivity index (χ0n) is 11.8. The number of aryl methyl sites for hydroxylation is 1. The zero-order chi connectivity index (χ0) is 15.7. The van der Waals surface area contributed by atoms with Crippen molar-refractivity contribution in [3.8, 4) is 0 Å². The van der Waals surface area contributed by atoms with Gasteiger partial charge in [-0.25, -0.2) is 4.68 Å². The van der Waals surface area contributed by atoms with Crippen LogP contribution in [0.4, 0.5) is 11.6 Å². The molecule has 1 aliphatic heterocycles. The van der Waals surface area contributed by atoms with Crippen molar-refractivity contribution in [2.45, 2.75) is 25.8 Å². The molecular formula is C14H14BrN5O2. The second-order valence-corrected chi connectivity index (χ2v) is 5.83. The van der Waals surface area contributed by atoms with Crippen molar-refractivity contribution in [2.24, 2.45) is 0 Å². The van der Waals surface area contributed by atoms with Gasteiger partial charge >= 0.3 is 0 Å². The van der Waals surface area contributed by atoms with E-state index >= 15 is 0 Å². The maximum absolute atomic E-state index is 12.1. The standard InChI is InChI=1S/C14H14BrN5O2/c1-2-11-17-14-18-13(22)10(20(14)19-11)7-12(21)16-9-5-3-8(15)4-6-9/h3-6,10H,2,7H2,1H3,(H,16,21)(H,17,18,19,22)/t10-/m1/s1. The Morgan fingerprint density at radius 2 is 2.14 bits per heavy atom. The van der Waals surface area contributed by atoms with E-state index in [0.717, 1.165) is 4.47 Å². The summed E-state index contributed by atoms with van der Waals surface area (Å²) in [4.78, 5) is 28.2. The first kappa shape index (κ1) is 14.7. The van der Waals surface area contributed by atoms with E-state index in [-0.39, 0.29) is 18.2 Å². The topological polar surface area (TPSA) is 88.9 Å². The minimum absolute atomic E-state index is 0.0153. The third-order valence-corrected chi connectivity index (χ3v) is 3.86. The second kappa shape index (κ2) is 5.88.